The van der Waals surface area contributed by atoms with Gasteiger partial charge in [-0.3, -0.25) is 14.9 Å². The van der Waals surface area contributed by atoms with E-state index < -0.39 is 10.8 Å². The van der Waals surface area contributed by atoms with Crippen LogP contribution in [0.4, 0.5) is 17.1 Å². The number of benzene rings is 2. The van der Waals surface area contributed by atoms with Gasteiger partial charge in [0.25, 0.3) is 11.6 Å². The van der Waals surface area contributed by atoms with Crippen molar-refractivity contribution in [3.8, 4) is 6.07 Å². The Morgan fingerprint density at radius 3 is 2.38 bits per heavy atom. The minimum atomic E-state index is -0.522. The van der Waals surface area contributed by atoms with Gasteiger partial charge in [0.1, 0.15) is 17.3 Å². The van der Waals surface area contributed by atoms with Crippen molar-refractivity contribution in [2.75, 3.05) is 23.3 Å². The Morgan fingerprint density at radius 2 is 1.81 bits per heavy atom. The number of carbonyl (C=O) groups excluding carboxylic acids is 1. The molecule has 0 spiro atoms. The van der Waals surface area contributed by atoms with Crippen LogP contribution in [-0.2, 0) is 17.6 Å². The Hall–Kier alpha value is -3.66. The van der Waals surface area contributed by atoms with Crippen molar-refractivity contribution in [2.45, 2.75) is 46.0 Å². The molecule has 0 saturated carbocycles. The Bertz CT molecular complexity index is 1060. The fourth-order valence-electron chi connectivity index (χ4n) is 4.08. The van der Waals surface area contributed by atoms with E-state index in [9.17, 15) is 20.2 Å². The largest absolute Gasteiger partial charge is 0.366 e. The lowest BCUT2D eigenvalue weighted by molar-refractivity contribution is -0.384. The van der Waals surface area contributed by atoms with Gasteiger partial charge in [0, 0.05) is 24.8 Å². The van der Waals surface area contributed by atoms with Crippen LogP contribution in [0.2, 0.25) is 0 Å². The number of rotatable bonds is 7. The molecule has 0 atom stereocenters. The fraction of sp³-hybridized carbons (Fsp3) is 0.360. The number of nitrogens with zero attached hydrogens (tertiary/aromatic N) is 3. The van der Waals surface area contributed by atoms with Crippen LogP contribution < -0.4 is 10.2 Å². The number of nitriles is 1. The first kappa shape index (κ1) is 23.0. The van der Waals surface area contributed by atoms with Crippen molar-refractivity contribution in [1.82, 2.24) is 0 Å². The number of anilines is 2. The third kappa shape index (κ3) is 5.14. The molecule has 166 valence electrons. The number of nitro groups is 1. The van der Waals surface area contributed by atoms with Gasteiger partial charge in [-0.05, 0) is 60.9 Å². The lowest BCUT2D eigenvalue weighted by Gasteiger charge is -2.28. The number of piperidine rings is 1. The lowest BCUT2D eigenvalue weighted by atomic mass is 10.0. The maximum absolute atomic E-state index is 12.9. The average Bonchev–Trinajstić information content (AvgIpc) is 2.82. The van der Waals surface area contributed by atoms with Gasteiger partial charge in [-0.2, -0.15) is 5.26 Å². The summed E-state index contributed by atoms with van der Waals surface area (Å²) in [4.78, 5) is 26.2. The number of amides is 1. The molecule has 1 fully saturated rings. The Morgan fingerprint density at radius 1 is 1.16 bits per heavy atom. The van der Waals surface area contributed by atoms with Crippen LogP contribution in [-0.4, -0.2) is 23.9 Å². The summed E-state index contributed by atoms with van der Waals surface area (Å²) < 4.78 is 0. The molecule has 1 aliphatic heterocycles. The van der Waals surface area contributed by atoms with E-state index in [1.165, 1.54) is 12.1 Å². The number of hydrogen-bond donors (Lipinski definition) is 1. The molecule has 1 saturated heterocycles. The van der Waals surface area contributed by atoms with E-state index in [0.717, 1.165) is 62.0 Å². The molecule has 7 heteroatoms. The quantitative estimate of drug-likeness (QED) is 0.279. The molecule has 0 aromatic heterocycles. The number of hydrogen-bond acceptors (Lipinski definition) is 5. The van der Waals surface area contributed by atoms with E-state index in [4.69, 9.17) is 0 Å². The molecule has 1 amide bonds. The second-order valence-electron chi connectivity index (χ2n) is 7.84. The summed E-state index contributed by atoms with van der Waals surface area (Å²) in [5.74, 6) is -0.522. The van der Waals surface area contributed by atoms with Crippen molar-refractivity contribution >= 4 is 29.0 Å². The first-order valence-corrected chi connectivity index (χ1v) is 11.1. The molecule has 3 rings (SSSR count). The van der Waals surface area contributed by atoms with E-state index in [1.54, 1.807) is 12.1 Å². The Labute approximate surface area is 188 Å². The van der Waals surface area contributed by atoms with Crippen LogP contribution in [0.5, 0.6) is 0 Å². The molecule has 0 bridgehead atoms. The third-order valence-electron chi connectivity index (χ3n) is 5.81. The Balaban J connectivity index is 1.91. The van der Waals surface area contributed by atoms with E-state index in [-0.39, 0.29) is 11.3 Å². The molecule has 2 aromatic carbocycles. The second-order valence-corrected chi connectivity index (χ2v) is 7.84. The zero-order valence-electron chi connectivity index (χ0n) is 18.6. The van der Waals surface area contributed by atoms with Crippen LogP contribution in [0.25, 0.3) is 6.08 Å². The van der Waals surface area contributed by atoms with Gasteiger partial charge < -0.3 is 10.2 Å². The summed E-state index contributed by atoms with van der Waals surface area (Å²) in [5, 5.41) is 24.2. The second kappa shape index (κ2) is 10.6. The van der Waals surface area contributed by atoms with Crippen LogP contribution >= 0.6 is 0 Å². The zero-order chi connectivity index (χ0) is 23.1. The number of para-hydroxylation sites is 1. The van der Waals surface area contributed by atoms with Crippen molar-refractivity contribution < 1.29 is 9.72 Å². The number of nitrogens with one attached hydrogen (secondary N) is 1. The third-order valence-corrected chi connectivity index (χ3v) is 5.81. The Kier molecular flexibility index (Phi) is 7.61. The molecule has 7 nitrogen and oxygen atoms in total. The molecule has 1 N–H and O–H groups in total. The highest BCUT2D eigenvalue weighted by Crippen LogP contribution is 2.32. The first-order valence-electron chi connectivity index (χ1n) is 11.1. The molecule has 32 heavy (non-hydrogen) atoms. The summed E-state index contributed by atoms with van der Waals surface area (Å²) in [5.41, 5.74) is 3.65. The molecule has 0 unspecified atom stereocenters. The van der Waals surface area contributed by atoms with Crippen molar-refractivity contribution in [2.24, 2.45) is 0 Å². The summed E-state index contributed by atoms with van der Waals surface area (Å²) in [6.45, 7) is 5.60. The standard InChI is InChI=1S/C25H28N4O3/c1-3-19-9-8-10-20(4-2)24(19)27-25(30)21(17-26)15-18-11-12-22(23(16-18)29(31)32)28-13-6-5-7-14-28/h8-12,15-16H,3-7,13-14H2,1-2H3,(H,27,30). The van der Waals surface area contributed by atoms with Gasteiger partial charge in [0.15, 0.2) is 0 Å². The van der Waals surface area contributed by atoms with E-state index in [2.05, 4.69) is 5.32 Å². The lowest BCUT2D eigenvalue weighted by Crippen LogP contribution is -2.29. The van der Waals surface area contributed by atoms with Crippen LogP contribution in [0.15, 0.2) is 42.0 Å². The van der Waals surface area contributed by atoms with E-state index >= 15 is 0 Å². The smallest absolute Gasteiger partial charge is 0.293 e. The van der Waals surface area contributed by atoms with Crippen molar-refractivity contribution in [3.63, 3.8) is 0 Å². The van der Waals surface area contributed by atoms with Gasteiger partial charge in [-0.1, -0.05) is 38.1 Å². The predicted molar refractivity (Wildman–Crippen MR) is 127 cm³/mol. The van der Waals surface area contributed by atoms with Gasteiger partial charge in [0.2, 0.25) is 0 Å². The van der Waals surface area contributed by atoms with Crippen LogP contribution in [0.1, 0.15) is 49.8 Å². The van der Waals surface area contributed by atoms with Gasteiger partial charge in [0.05, 0.1) is 4.92 Å². The zero-order valence-corrected chi connectivity index (χ0v) is 18.6. The van der Waals surface area contributed by atoms with Gasteiger partial charge in [-0.25, -0.2) is 0 Å². The van der Waals surface area contributed by atoms with Crippen LogP contribution in [0, 0.1) is 21.4 Å². The van der Waals surface area contributed by atoms with Crippen LogP contribution in [0.3, 0.4) is 0 Å². The maximum atomic E-state index is 12.9. The molecule has 0 radical (unpaired) electrons. The van der Waals surface area contributed by atoms with Gasteiger partial charge in [-0.15, -0.1) is 0 Å². The molecule has 2 aromatic rings. The van der Waals surface area contributed by atoms with Gasteiger partial charge >= 0.3 is 0 Å². The summed E-state index contributed by atoms with van der Waals surface area (Å²) in [7, 11) is 0. The molecule has 1 aliphatic rings. The first-order chi connectivity index (χ1) is 15.5. The predicted octanol–water partition coefficient (Wildman–Crippen LogP) is 5.26. The monoisotopic (exact) mass is 432 g/mol. The van der Waals surface area contributed by atoms with Crippen molar-refractivity contribution in [3.05, 3.63) is 68.8 Å². The average molecular weight is 433 g/mol. The SMILES string of the molecule is CCc1cccc(CC)c1NC(=O)C(C#N)=Cc1ccc(N2CCCCC2)c([N+](=O)[O-])c1. The number of carbonyl (C=O) groups is 1. The van der Waals surface area contributed by atoms with E-state index in [0.29, 0.717) is 11.3 Å². The minimum absolute atomic E-state index is 0.0112. The van der Waals surface area contributed by atoms with E-state index in [1.807, 2.05) is 43.0 Å². The summed E-state index contributed by atoms with van der Waals surface area (Å²) in [6.07, 6.45) is 6.06. The highest BCUT2D eigenvalue weighted by Gasteiger charge is 2.22. The summed E-state index contributed by atoms with van der Waals surface area (Å²) >= 11 is 0. The van der Waals surface area contributed by atoms with Crippen molar-refractivity contribution in [1.29, 1.82) is 5.26 Å². The maximum Gasteiger partial charge on any atom is 0.293 e. The molecule has 1 heterocycles. The highest BCUT2D eigenvalue weighted by atomic mass is 16.6. The summed E-state index contributed by atoms with van der Waals surface area (Å²) in [6, 6.07) is 12.7. The molecule has 0 aliphatic carbocycles. The fourth-order valence-corrected chi connectivity index (χ4v) is 4.08. The molecular formula is C25H28N4O3. The topological polar surface area (TPSA) is 99.3 Å². The highest BCUT2D eigenvalue weighted by molar-refractivity contribution is 6.10. The minimum Gasteiger partial charge on any atom is -0.366 e. The number of nitro benzene ring substituents is 1. The normalized spacial score (nSPS) is 14.0. The number of aryl methyl sites for hydroxylation is 2. The molecular weight excluding hydrogens is 404 g/mol.